The Morgan fingerprint density at radius 3 is 0.717 bits per heavy atom. The number of carbonyl (C=O) groups excluding carboxylic acids is 3. The molecule has 0 saturated heterocycles. The molecule has 0 bridgehead atoms. The lowest BCUT2D eigenvalue weighted by atomic mass is 10.0. The van der Waals surface area contributed by atoms with E-state index in [1.165, 1.54) is 173 Å². The molecule has 0 aromatic carbocycles. The zero-order chi connectivity index (χ0) is 44.2. The van der Waals surface area contributed by atoms with E-state index in [-0.39, 0.29) is 31.1 Å². The Kier molecular flexibility index (Phi) is 44.2. The number of unbranched alkanes of at least 4 members (excludes halogenated alkanes) is 30. The number of carbonyl (C=O) groups is 3. The van der Waals surface area contributed by atoms with E-state index in [2.05, 4.69) is 41.5 Å². The van der Waals surface area contributed by atoms with Crippen LogP contribution < -0.4 is 0 Å². The smallest absolute Gasteiger partial charge is 0.306 e. The van der Waals surface area contributed by atoms with Crippen LogP contribution in [-0.4, -0.2) is 37.2 Å². The van der Waals surface area contributed by atoms with Gasteiger partial charge in [-0.05, 0) is 37.0 Å². The van der Waals surface area contributed by atoms with Gasteiger partial charge in [-0.1, -0.05) is 253 Å². The second-order valence-electron chi connectivity index (χ2n) is 19.9. The van der Waals surface area contributed by atoms with E-state index in [1.807, 2.05) is 0 Å². The summed E-state index contributed by atoms with van der Waals surface area (Å²) in [4.78, 5) is 37.9. The summed E-state index contributed by atoms with van der Waals surface area (Å²) < 4.78 is 16.8. The maximum absolute atomic E-state index is 12.8. The highest BCUT2D eigenvalue weighted by Gasteiger charge is 2.19. The van der Waals surface area contributed by atoms with Gasteiger partial charge >= 0.3 is 17.9 Å². The van der Waals surface area contributed by atoms with E-state index in [4.69, 9.17) is 14.2 Å². The summed E-state index contributed by atoms with van der Waals surface area (Å²) in [5, 5.41) is 0. The van der Waals surface area contributed by atoms with Gasteiger partial charge in [0.05, 0.1) is 0 Å². The first-order chi connectivity index (χ1) is 29.1. The first-order valence-electron chi connectivity index (χ1n) is 26.6. The normalized spacial score (nSPS) is 12.2. The van der Waals surface area contributed by atoms with Crippen molar-refractivity contribution in [3.05, 3.63) is 0 Å². The quantitative estimate of drug-likeness (QED) is 0.0345. The van der Waals surface area contributed by atoms with Gasteiger partial charge in [0.25, 0.3) is 0 Å². The van der Waals surface area contributed by atoms with Crippen LogP contribution >= 0.6 is 0 Å². The molecule has 0 saturated carbocycles. The van der Waals surface area contributed by atoms with Gasteiger partial charge in [0.15, 0.2) is 6.10 Å². The van der Waals surface area contributed by atoms with Gasteiger partial charge in [-0.15, -0.1) is 0 Å². The van der Waals surface area contributed by atoms with E-state index in [1.54, 1.807) is 0 Å². The molecule has 0 rings (SSSR count). The van der Waals surface area contributed by atoms with Crippen molar-refractivity contribution in [2.24, 2.45) is 17.8 Å². The van der Waals surface area contributed by atoms with E-state index in [0.717, 1.165) is 75.5 Å². The summed E-state index contributed by atoms with van der Waals surface area (Å²) in [7, 11) is 0. The second kappa shape index (κ2) is 45.4. The van der Waals surface area contributed by atoms with E-state index < -0.39 is 6.10 Å². The Hall–Kier alpha value is -1.59. The average molecular weight is 849 g/mol. The Morgan fingerprint density at radius 1 is 0.283 bits per heavy atom. The molecule has 0 radical (unpaired) electrons. The van der Waals surface area contributed by atoms with E-state index >= 15 is 0 Å². The molecule has 0 aliphatic carbocycles. The van der Waals surface area contributed by atoms with Crippen LogP contribution in [0.2, 0.25) is 0 Å². The fourth-order valence-corrected chi connectivity index (χ4v) is 8.12. The van der Waals surface area contributed by atoms with E-state index in [0.29, 0.717) is 19.3 Å². The Bertz CT molecular complexity index is 929. The van der Waals surface area contributed by atoms with Crippen LogP contribution in [0.4, 0.5) is 0 Å². The third-order valence-corrected chi connectivity index (χ3v) is 12.1. The van der Waals surface area contributed by atoms with Crippen molar-refractivity contribution < 1.29 is 28.6 Å². The minimum atomic E-state index is -0.763. The molecule has 6 nitrogen and oxygen atoms in total. The third-order valence-electron chi connectivity index (χ3n) is 12.1. The van der Waals surface area contributed by atoms with Crippen LogP contribution in [0.25, 0.3) is 0 Å². The average Bonchev–Trinajstić information content (AvgIpc) is 3.20. The van der Waals surface area contributed by atoms with Crippen molar-refractivity contribution in [2.45, 2.75) is 298 Å². The number of rotatable bonds is 47. The monoisotopic (exact) mass is 849 g/mol. The highest BCUT2D eigenvalue weighted by atomic mass is 16.6. The van der Waals surface area contributed by atoms with Gasteiger partial charge in [0.2, 0.25) is 0 Å². The molecule has 60 heavy (non-hydrogen) atoms. The fourth-order valence-electron chi connectivity index (χ4n) is 8.12. The topological polar surface area (TPSA) is 78.9 Å². The summed E-state index contributed by atoms with van der Waals surface area (Å²) in [6, 6.07) is 0. The standard InChI is InChI=1S/C54H104O6/c1-48(2)40-34-28-22-17-13-10-8-7-9-11-15-20-26-33-39-45-54(57)60-51(47-59-53(56)44-38-32-27-21-24-30-36-42-50(5)6)46-58-52(55)43-37-31-25-19-16-12-14-18-23-29-35-41-49(3)4/h48-51H,7-47H2,1-6H3/t51-/m0/s1. The molecule has 0 aromatic rings. The highest BCUT2D eigenvalue weighted by Crippen LogP contribution is 2.18. The summed E-state index contributed by atoms with van der Waals surface area (Å²) in [5.74, 6) is 1.60. The van der Waals surface area contributed by atoms with Gasteiger partial charge in [-0.2, -0.15) is 0 Å². The van der Waals surface area contributed by atoms with Gasteiger partial charge in [-0.3, -0.25) is 14.4 Å². The summed E-state index contributed by atoms with van der Waals surface area (Å²) >= 11 is 0. The Labute approximate surface area is 374 Å². The maximum Gasteiger partial charge on any atom is 0.306 e. The molecule has 0 spiro atoms. The van der Waals surface area contributed by atoms with Crippen LogP contribution in [0.1, 0.15) is 292 Å². The van der Waals surface area contributed by atoms with Crippen molar-refractivity contribution in [3.63, 3.8) is 0 Å². The number of hydrogen-bond acceptors (Lipinski definition) is 6. The largest absolute Gasteiger partial charge is 0.462 e. The molecule has 0 amide bonds. The minimum Gasteiger partial charge on any atom is -0.462 e. The van der Waals surface area contributed by atoms with Crippen LogP contribution in [0.3, 0.4) is 0 Å². The lowest BCUT2D eigenvalue weighted by molar-refractivity contribution is -0.167. The SMILES string of the molecule is CC(C)CCCCCCCCCCCCCCCCCC(=O)O[C@@H](COC(=O)CCCCCCCCCCCCCC(C)C)COC(=O)CCCCCCCCCC(C)C. The van der Waals surface area contributed by atoms with Crippen LogP contribution in [0.15, 0.2) is 0 Å². The molecule has 0 heterocycles. The molecular weight excluding hydrogens is 745 g/mol. The molecular formula is C54H104O6. The summed E-state index contributed by atoms with van der Waals surface area (Å²) in [5.41, 5.74) is 0. The predicted octanol–water partition coefficient (Wildman–Crippen LogP) is 17.2. The molecule has 1 atom stereocenters. The second-order valence-corrected chi connectivity index (χ2v) is 19.9. The van der Waals surface area contributed by atoms with Crippen molar-refractivity contribution in [2.75, 3.05) is 13.2 Å². The molecule has 0 aliphatic rings. The van der Waals surface area contributed by atoms with Crippen LogP contribution in [0, 0.1) is 17.8 Å². The number of ether oxygens (including phenoxy) is 3. The zero-order valence-electron chi connectivity index (χ0n) is 41.3. The minimum absolute atomic E-state index is 0.0649. The predicted molar refractivity (Wildman–Crippen MR) is 256 cm³/mol. The molecule has 0 aromatic heterocycles. The summed E-state index contributed by atoms with van der Waals surface area (Å²) in [6.07, 6.45) is 45.3. The van der Waals surface area contributed by atoms with Crippen molar-refractivity contribution >= 4 is 17.9 Å². The fraction of sp³-hybridized carbons (Fsp3) is 0.944. The van der Waals surface area contributed by atoms with Gasteiger partial charge in [-0.25, -0.2) is 0 Å². The van der Waals surface area contributed by atoms with Gasteiger partial charge in [0, 0.05) is 19.3 Å². The molecule has 0 fully saturated rings. The number of hydrogen-bond donors (Lipinski definition) is 0. The van der Waals surface area contributed by atoms with Crippen molar-refractivity contribution in [1.29, 1.82) is 0 Å². The van der Waals surface area contributed by atoms with Gasteiger partial charge < -0.3 is 14.2 Å². The summed E-state index contributed by atoms with van der Waals surface area (Å²) in [6.45, 7) is 13.7. The molecule has 0 aliphatic heterocycles. The lowest BCUT2D eigenvalue weighted by Crippen LogP contribution is -2.30. The van der Waals surface area contributed by atoms with E-state index in [9.17, 15) is 14.4 Å². The zero-order valence-corrected chi connectivity index (χ0v) is 41.3. The highest BCUT2D eigenvalue weighted by molar-refractivity contribution is 5.71. The van der Waals surface area contributed by atoms with Crippen molar-refractivity contribution in [3.8, 4) is 0 Å². The molecule has 0 N–H and O–H groups in total. The third kappa shape index (κ3) is 47.5. The maximum atomic E-state index is 12.8. The lowest BCUT2D eigenvalue weighted by Gasteiger charge is -2.18. The molecule has 356 valence electrons. The van der Waals surface area contributed by atoms with Crippen LogP contribution in [0.5, 0.6) is 0 Å². The first kappa shape index (κ1) is 58.4. The number of esters is 3. The Balaban J connectivity index is 4.28. The van der Waals surface area contributed by atoms with Crippen molar-refractivity contribution in [1.82, 2.24) is 0 Å². The van der Waals surface area contributed by atoms with Gasteiger partial charge in [0.1, 0.15) is 13.2 Å². The van der Waals surface area contributed by atoms with Crippen LogP contribution in [-0.2, 0) is 28.6 Å². The first-order valence-corrected chi connectivity index (χ1v) is 26.6. The molecule has 6 heteroatoms. The Morgan fingerprint density at radius 2 is 0.483 bits per heavy atom. The molecule has 0 unspecified atom stereocenters.